The predicted molar refractivity (Wildman–Crippen MR) is 112 cm³/mol. The van der Waals surface area contributed by atoms with Gasteiger partial charge in [0, 0.05) is 44.3 Å². The zero-order valence-electron chi connectivity index (χ0n) is 17.2. The summed E-state index contributed by atoms with van der Waals surface area (Å²) in [5.74, 6) is -0.287. The van der Waals surface area contributed by atoms with Crippen LogP contribution in [0, 0.1) is 0 Å². The fourth-order valence-corrected chi connectivity index (χ4v) is 5.51. The standard InChI is InChI=1S/C23H35N3O2/c1-2-12-25(11-1)22-8-14-26(15-9-22)21-5-3-20(4-6-21)7-13-24-16-10-23(19-24)27-17-18-28-23/h3-6,22H,1-2,7-19H2. The van der Waals surface area contributed by atoms with E-state index in [2.05, 4.69) is 39.0 Å². The smallest absolute Gasteiger partial charge is 0.182 e. The molecule has 4 heterocycles. The summed E-state index contributed by atoms with van der Waals surface area (Å²) in [6.07, 6.45) is 7.57. The zero-order valence-corrected chi connectivity index (χ0v) is 17.2. The quantitative estimate of drug-likeness (QED) is 0.777. The van der Waals surface area contributed by atoms with E-state index >= 15 is 0 Å². The Morgan fingerprint density at radius 3 is 2.32 bits per heavy atom. The molecule has 4 aliphatic heterocycles. The Hall–Kier alpha value is -1.14. The van der Waals surface area contributed by atoms with Crippen molar-refractivity contribution in [2.45, 2.75) is 50.4 Å². The first-order valence-electron chi connectivity index (χ1n) is 11.4. The minimum absolute atomic E-state index is 0.287. The molecule has 28 heavy (non-hydrogen) atoms. The van der Waals surface area contributed by atoms with Gasteiger partial charge in [0.05, 0.1) is 19.8 Å². The van der Waals surface area contributed by atoms with Crippen molar-refractivity contribution in [2.75, 3.05) is 63.9 Å². The maximum atomic E-state index is 5.83. The van der Waals surface area contributed by atoms with Crippen molar-refractivity contribution >= 4 is 5.69 Å². The lowest BCUT2D eigenvalue weighted by atomic mass is 10.0. The highest BCUT2D eigenvalue weighted by Crippen LogP contribution is 2.30. The van der Waals surface area contributed by atoms with E-state index in [1.54, 1.807) is 0 Å². The Labute approximate surface area is 169 Å². The molecular formula is C23H35N3O2. The van der Waals surface area contributed by atoms with Crippen LogP contribution in [0.2, 0.25) is 0 Å². The Kier molecular flexibility index (Phi) is 5.60. The summed E-state index contributed by atoms with van der Waals surface area (Å²) >= 11 is 0. The third kappa shape index (κ3) is 4.09. The largest absolute Gasteiger partial charge is 0.371 e. The molecule has 0 atom stereocenters. The highest BCUT2D eigenvalue weighted by Gasteiger charge is 2.42. The molecule has 1 spiro atoms. The second-order valence-electron chi connectivity index (χ2n) is 9.01. The van der Waals surface area contributed by atoms with Crippen LogP contribution in [0.15, 0.2) is 24.3 Å². The minimum Gasteiger partial charge on any atom is -0.371 e. The fraction of sp³-hybridized carbons (Fsp3) is 0.739. The first-order valence-corrected chi connectivity index (χ1v) is 11.4. The third-order valence-electron chi connectivity index (χ3n) is 7.23. The fourth-order valence-electron chi connectivity index (χ4n) is 5.51. The van der Waals surface area contributed by atoms with E-state index in [1.807, 2.05) is 0 Å². The van der Waals surface area contributed by atoms with Gasteiger partial charge in [0.15, 0.2) is 5.79 Å². The second-order valence-corrected chi connectivity index (χ2v) is 9.01. The van der Waals surface area contributed by atoms with Crippen molar-refractivity contribution in [1.29, 1.82) is 0 Å². The minimum atomic E-state index is -0.287. The van der Waals surface area contributed by atoms with Crippen molar-refractivity contribution in [3.8, 4) is 0 Å². The number of nitrogens with zero attached hydrogens (tertiary/aromatic N) is 3. The van der Waals surface area contributed by atoms with Gasteiger partial charge in [0.1, 0.15) is 0 Å². The number of piperidine rings is 1. The van der Waals surface area contributed by atoms with E-state index in [1.165, 1.54) is 63.1 Å². The molecule has 0 bridgehead atoms. The highest BCUT2D eigenvalue weighted by atomic mass is 16.7. The summed E-state index contributed by atoms with van der Waals surface area (Å²) in [6.45, 7) is 9.68. The van der Waals surface area contributed by atoms with Crippen LogP contribution in [-0.2, 0) is 15.9 Å². The number of hydrogen-bond donors (Lipinski definition) is 0. The van der Waals surface area contributed by atoms with E-state index in [9.17, 15) is 0 Å². The van der Waals surface area contributed by atoms with Crippen LogP contribution in [0.5, 0.6) is 0 Å². The Balaban J connectivity index is 1.08. The van der Waals surface area contributed by atoms with E-state index in [4.69, 9.17) is 9.47 Å². The van der Waals surface area contributed by atoms with Crippen LogP contribution in [-0.4, -0.2) is 80.7 Å². The first-order chi connectivity index (χ1) is 13.8. The molecule has 5 heteroatoms. The molecule has 0 saturated carbocycles. The molecule has 5 nitrogen and oxygen atoms in total. The first kappa shape index (κ1) is 18.9. The highest BCUT2D eigenvalue weighted by molar-refractivity contribution is 5.48. The molecule has 5 rings (SSSR count). The van der Waals surface area contributed by atoms with Crippen LogP contribution in [0.1, 0.15) is 37.7 Å². The van der Waals surface area contributed by atoms with Gasteiger partial charge in [-0.2, -0.15) is 0 Å². The van der Waals surface area contributed by atoms with Gasteiger partial charge in [-0.3, -0.25) is 4.90 Å². The van der Waals surface area contributed by atoms with Gasteiger partial charge < -0.3 is 19.3 Å². The van der Waals surface area contributed by atoms with Gasteiger partial charge in [0.25, 0.3) is 0 Å². The lowest BCUT2D eigenvalue weighted by Crippen LogP contribution is -2.43. The van der Waals surface area contributed by atoms with Crippen LogP contribution in [0.3, 0.4) is 0 Å². The van der Waals surface area contributed by atoms with Gasteiger partial charge in [0.2, 0.25) is 0 Å². The third-order valence-corrected chi connectivity index (χ3v) is 7.23. The Morgan fingerprint density at radius 1 is 0.893 bits per heavy atom. The maximum Gasteiger partial charge on any atom is 0.182 e. The monoisotopic (exact) mass is 385 g/mol. The zero-order chi connectivity index (χ0) is 18.8. The molecule has 0 N–H and O–H groups in total. The van der Waals surface area contributed by atoms with Crippen LogP contribution in [0.4, 0.5) is 5.69 Å². The van der Waals surface area contributed by atoms with Gasteiger partial charge in [-0.1, -0.05) is 12.1 Å². The van der Waals surface area contributed by atoms with E-state index in [-0.39, 0.29) is 5.79 Å². The number of rotatable bonds is 5. The van der Waals surface area contributed by atoms with Gasteiger partial charge in [-0.15, -0.1) is 0 Å². The molecule has 4 saturated heterocycles. The van der Waals surface area contributed by atoms with E-state index in [0.29, 0.717) is 0 Å². The summed E-state index contributed by atoms with van der Waals surface area (Å²) in [5.41, 5.74) is 2.83. The van der Waals surface area contributed by atoms with Gasteiger partial charge >= 0.3 is 0 Å². The van der Waals surface area contributed by atoms with Crippen LogP contribution >= 0.6 is 0 Å². The predicted octanol–water partition coefficient (Wildman–Crippen LogP) is 2.74. The maximum absolute atomic E-state index is 5.83. The molecule has 0 aliphatic carbocycles. The molecule has 0 amide bonds. The molecule has 4 aliphatic rings. The molecule has 1 aromatic rings. The number of likely N-dealkylation sites (tertiary alicyclic amines) is 2. The Morgan fingerprint density at radius 2 is 1.61 bits per heavy atom. The van der Waals surface area contributed by atoms with Gasteiger partial charge in [-0.25, -0.2) is 0 Å². The van der Waals surface area contributed by atoms with E-state index in [0.717, 1.165) is 51.7 Å². The lowest BCUT2D eigenvalue weighted by Gasteiger charge is -2.37. The lowest BCUT2D eigenvalue weighted by molar-refractivity contribution is -0.145. The van der Waals surface area contributed by atoms with E-state index < -0.39 is 0 Å². The molecule has 1 aromatic carbocycles. The van der Waals surface area contributed by atoms with Crippen molar-refractivity contribution in [3.05, 3.63) is 29.8 Å². The summed E-state index contributed by atoms with van der Waals surface area (Å²) in [7, 11) is 0. The molecular weight excluding hydrogens is 350 g/mol. The molecule has 4 fully saturated rings. The Bertz CT molecular complexity index is 630. The average molecular weight is 386 g/mol. The van der Waals surface area contributed by atoms with Crippen molar-refractivity contribution in [1.82, 2.24) is 9.80 Å². The topological polar surface area (TPSA) is 28.2 Å². The average Bonchev–Trinajstić information content (AvgIpc) is 3.51. The summed E-state index contributed by atoms with van der Waals surface area (Å²) in [6, 6.07) is 10.2. The molecule has 154 valence electrons. The second kappa shape index (κ2) is 8.31. The summed E-state index contributed by atoms with van der Waals surface area (Å²) in [5, 5.41) is 0. The van der Waals surface area contributed by atoms with Crippen molar-refractivity contribution in [2.24, 2.45) is 0 Å². The number of anilines is 1. The van der Waals surface area contributed by atoms with Crippen LogP contribution < -0.4 is 4.90 Å². The number of ether oxygens (including phenoxy) is 2. The molecule has 0 aromatic heterocycles. The number of benzene rings is 1. The van der Waals surface area contributed by atoms with Gasteiger partial charge in [-0.05, 0) is 62.9 Å². The summed E-state index contributed by atoms with van der Waals surface area (Å²) in [4.78, 5) is 7.79. The SMILES string of the molecule is c1cc(N2CCC(N3CCCC3)CC2)ccc1CCN1CCC2(C1)OCCO2. The molecule has 0 radical (unpaired) electrons. The van der Waals surface area contributed by atoms with Crippen molar-refractivity contribution < 1.29 is 9.47 Å². The number of hydrogen-bond acceptors (Lipinski definition) is 5. The van der Waals surface area contributed by atoms with Crippen molar-refractivity contribution in [3.63, 3.8) is 0 Å². The summed E-state index contributed by atoms with van der Waals surface area (Å²) < 4.78 is 11.7. The van der Waals surface area contributed by atoms with Crippen LogP contribution in [0.25, 0.3) is 0 Å². The molecule has 0 unspecified atom stereocenters. The normalized spacial score (nSPS) is 26.6.